The van der Waals surface area contributed by atoms with Gasteiger partial charge >= 0.3 is 0 Å². The monoisotopic (exact) mass is 268 g/mol. The van der Waals surface area contributed by atoms with Gasteiger partial charge in [-0.05, 0) is 24.3 Å². The number of rotatable bonds is 2. The Bertz CT molecular complexity index is 915. The zero-order valence-electron chi connectivity index (χ0n) is 11.3. The van der Waals surface area contributed by atoms with E-state index in [-0.39, 0.29) is 0 Å². The van der Waals surface area contributed by atoms with Gasteiger partial charge in [0.2, 0.25) is 0 Å². The van der Waals surface area contributed by atoms with Crippen LogP contribution in [0.4, 0.5) is 0 Å². The zero-order chi connectivity index (χ0) is 14.1. The van der Waals surface area contributed by atoms with E-state index in [9.17, 15) is 0 Å². The minimum Gasteiger partial charge on any atom is -0.244 e. The molecule has 98 valence electrons. The number of fused-ring (bicyclic) bond motifs is 1. The SMILES string of the molecule is C1=CC=CC=1c1nc2ccccc2nc1-c1ccccc1. The lowest BCUT2D eigenvalue weighted by atomic mass is 10.0. The maximum atomic E-state index is 4.82. The molecular weight excluding hydrogens is 256 g/mol. The Morgan fingerprint density at radius 2 is 1.38 bits per heavy atom. The van der Waals surface area contributed by atoms with Crippen molar-refractivity contribution in [3.8, 4) is 11.3 Å². The minimum absolute atomic E-state index is 0.880. The molecule has 0 bridgehead atoms. The molecule has 0 spiro atoms. The van der Waals surface area contributed by atoms with E-state index in [1.165, 1.54) is 0 Å². The number of aromatic nitrogens is 2. The smallest absolute Gasteiger partial charge is 0.105 e. The fourth-order valence-corrected chi connectivity index (χ4v) is 2.46. The summed E-state index contributed by atoms with van der Waals surface area (Å²) in [5, 5.41) is 0. The fraction of sp³-hybridized carbons (Fsp3) is 0. The van der Waals surface area contributed by atoms with Crippen LogP contribution in [0.15, 0.2) is 78.6 Å². The predicted octanol–water partition coefficient (Wildman–Crippen LogP) is 4.41. The number of para-hydroxylation sites is 2. The van der Waals surface area contributed by atoms with Gasteiger partial charge in [-0.3, -0.25) is 0 Å². The van der Waals surface area contributed by atoms with E-state index < -0.39 is 0 Å². The van der Waals surface area contributed by atoms with Crippen molar-refractivity contribution in [2.75, 3.05) is 0 Å². The molecule has 1 aliphatic carbocycles. The van der Waals surface area contributed by atoms with Gasteiger partial charge in [0.05, 0.1) is 16.7 Å². The van der Waals surface area contributed by atoms with E-state index in [0.29, 0.717) is 0 Å². The Kier molecular flexibility index (Phi) is 2.74. The highest BCUT2D eigenvalue weighted by atomic mass is 14.8. The average molecular weight is 268 g/mol. The second-order valence-electron chi connectivity index (χ2n) is 4.86. The van der Waals surface area contributed by atoms with Crippen molar-refractivity contribution in [3.63, 3.8) is 0 Å². The quantitative estimate of drug-likeness (QED) is 0.643. The molecule has 0 saturated carbocycles. The number of hydrogen-bond donors (Lipinski definition) is 0. The fourth-order valence-electron chi connectivity index (χ4n) is 2.46. The van der Waals surface area contributed by atoms with Gasteiger partial charge in [-0.25, -0.2) is 9.97 Å². The van der Waals surface area contributed by atoms with Crippen LogP contribution in [0.3, 0.4) is 0 Å². The molecule has 0 saturated heterocycles. The Morgan fingerprint density at radius 1 is 0.714 bits per heavy atom. The van der Waals surface area contributed by atoms with E-state index in [0.717, 1.165) is 33.6 Å². The van der Waals surface area contributed by atoms with Crippen molar-refractivity contribution in [2.45, 2.75) is 0 Å². The van der Waals surface area contributed by atoms with Crippen molar-refractivity contribution >= 4 is 16.6 Å². The van der Waals surface area contributed by atoms with Gasteiger partial charge < -0.3 is 0 Å². The van der Waals surface area contributed by atoms with Gasteiger partial charge in [0.15, 0.2) is 0 Å². The first-order valence-corrected chi connectivity index (χ1v) is 6.88. The summed E-state index contributed by atoms with van der Waals surface area (Å²) in [6.45, 7) is 0. The maximum Gasteiger partial charge on any atom is 0.105 e. The van der Waals surface area contributed by atoms with E-state index in [1.54, 1.807) is 0 Å². The molecule has 1 aliphatic rings. The molecule has 0 aliphatic heterocycles. The molecule has 2 nitrogen and oxygen atoms in total. The Labute approximate surface area is 122 Å². The second kappa shape index (κ2) is 4.86. The first kappa shape index (κ1) is 11.8. The van der Waals surface area contributed by atoms with Crippen LogP contribution in [0.2, 0.25) is 0 Å². The summed E-state index contributed by atoms with van der Waals surface area (Å²) in [5.41, 5.74) is 8.87. The Hall–Kier alpha value is -2.96. The summed E-state index contributed by atoms with van der Waals surface area (Å²) in [6.07, 6.45) is 5.90. The lowest BCUT2D eigenvalue weighted by Gasteiger charge is -2.09. The van der Waals surface area contributed by atoms with Gasteiger partial charge in [0.25, 0.3) is 0 Å². The summed E-state index contributed by atoms with van der Waals surface area (Å²) in [7, 11) is 0. The minimum atomic E-state index is 0.880. The van der Waals surface area contributed by atoms with Crippen molar-refractivity contribution in [3.05, 3.63) is 84.3 Å². The van der Waals surface area contributed by atoms with Gasteiger partial charge in [-0.15, -0.1) is 5.73 Å². The predicted molar refractivity (Wildman–Crippen MR) is 85.6 cm³/mol. The van der Waals surface area contributed by atoms with Crippen LogP contribution in [0.1, 0.15) is 5.69 Å². The molecule has 1 heterocycles. The molecule has 0 atom stereocenters. The topological polar surface area (TPSA) is 25.8 Å². The highest BCUT2D eigenvalue weighted by Gasteiger charge is 2.13. The van der Waals surface area contributed by atoms with Crippen LogP contribution < -0.4 is 0 Å². The van der Waals surface area contributed by atoms with Crippen LogP contribution in [0.25, 0.3) is 27.9 Å². The van der Waals surface area contributed by atoms with Crippen LogP contribution in [-0.4, -0.2) is 9.97 Å². The Balaban J connectivity index is 2.05. The van der Waals surface area contributed by atoms with Crippen molar-refractivity contribution in [1.82, 2.24) is 9.97 Å². The number of nitrogens with zero attached hydrogens (tertiary/aromatic N) is 2. The highest BCUT2D eigenvalue weighted by molar-refractivity contribution is 5.87. The molecular formula is C19H12N2. The second-order valence-corrected chi connectivity index (χ2v) is 4.86. The normalized spacial score (nSPS) is 12.9. The third-order valence-corrected chi connectivity index (χ3v) is 3.47. The van der Waals surface area contributed by atoms with Crippen LogP contribution >= 0.6 is 0 Å². The molecule has 0 radical (unpaired) electrons. The van der Waals surface area contributed by atoms with Crippen molar-refractivity contribution in [2.24, 2.45) is 0 Å². The summed E-state index contributed by atoms with van der Waals surface area (Å²) in [5.74, 6) is 0. The van der Waals surface area contributed by atoms with Gasteiger partial charge in [-0.1, -0.05) is 48.5 Å². The summed E-state index contributed by atoms with van der Waals surface area (Å²) >= 11 is 0. The molecule has 2 heteroatoms. The van der Waals surface area contributed by atoms with Gasteiger partial charge in [-0.2, -0.15) is 0 Å². The van der Waals surface area contributed by atoms with Crippen molar-refractivity contribution in [1.29, 1.82) is 0 Å². The molecule has 1 aromatic heterocycles. The van der Waals surface area contributed by atoms with Crippen molar-refractivity contribution < 1.29 is 0 Å². The zero-order valence-corrected chi connectivity index (χ0v) is 11.3. The molecule has 0 amide bonds. The van der Waals surface area contributed by atoms with E-state index >= 15 is 0 Å². The molecule has 0 fully saturated rings. The van der Waals surface area contributed by atoms with E-state index in [4.69, 9.17) is 9.97 Å². The van der Waals surface area contributed by atoms with Crippen LogP contribution in [-0.2, 0) is 0 Å². The first-order chi connectivity index (χ1) is 10.4. The number of benzene rings is 2. The molecule has 3 aromatic rings. The summed E-state index contributed by atoms with van der Waals surface area (Å²) in [6, 6.07) is 18.1. The van der Waals surface area contributed by atoms with Crippen LogP contribution in [0, 0.1) is 0 Å². The third-order valence-electron chi connectivity index (χ3n) is 3.47. The lowest BCUT2D eigenvalue weighted by Crippen LogP contribution is -1.97. The molecule has 0 N–H and O–H groups in total. The molecule has 4 rings (SSSR count). The first-order valence-electron chi connectivity index (χ1n) is 6.88. The molecule has 2 aromatic carbocycles. The third kappa shape index (κ3) is 2.08. The number of allylic oxidation sites excluding steroid dienone is 3. The highest BCUT2D eigenvalue weighted by Crippen LogP contribution is 2.29. The summed E-state index contributed by atoms with van der Waals surface area (Å²) in [4.78, 5) is 9.62. The van der Waals surface area contributed by atoms with Gasteiger partial charge in [0, 0.05) is 11.1 Å². The van der Waals surface area contributed by atoms with E-state index in [2.05, 4.69) is 17.9 Å². The van der Waals surface area contributed by atoms with E-state index in [1.807, 2.05) is 60.7 Å². The summed E-state index contributed by atoms with van der Waals surface area (Å²) < 4.78 is 0. The molecule has 21 heavy (non-hydrogen) atoms. The lowest BCUT2D eigenvalue weighted by molar-refractivity contribution is 1.26. The average Bonchev–Trinajstić information content (AvgIpc) is 3.09. The standard InChI is InChI=1S/C19H12N2/c1-2-8-14(9-3-1)18-19(15-10-4-5-11-15)21-17-13-7-6-12-16(17)20-18/h1-10,12-13H. The Morgan fingerprint density at radius 3 is 2.05 bits per heavy atom. The molecule has 0 unspecified atom stereocenters. The maximum absolute atomic E-state index is 4.82. The van der Waals surface area contributed by atoms with Gasteiger partial charge in [0.1, 0.15) is 5.69 Å². The number of hydrogen-bond acceptors (Lipinski definition) is 2. The largest absolute Gasteiger partial charge is 0.244 e. The van der Waals surface area contributed by atoms with Crippen LogP contribution in [0.5, 0.6) is 0 Å².